The summed E-state index contributed by atoms with van der Waals surface area (Å²) < 4.78 is 0. The Bertz CT molecular complexity index is 72.4. The molecule has 0 atom stereocenters. The Morgan fingerprint density at radius 3 is 1.62 bits per heavy atom. The van der Waals surface area contributed by atoms with E-state index in [2.05, 4.69) is 34.9 Å². The van der Waals surface area contributed by atoms with Crippen LogP contribution in [0.5, 0.6) is 0 Å². The molecule has 50 valence electrons. The molecule has 0 heterocycles. The van der Waals surface area contributed by atoms with Crippen LogP contribution in [0.4, 0.5) is 0 Å². The Morgan fingerprint density at radius 1 is 1.12 bits per heavy atom. The molecule has 0 bridgehead atoms. The molecule has 1 aliphatic rings. The summed E-state index contributed by atoms with van der Waals surface area (Å²) in [6.45, 7) is 0. The van der Waals surface area contributed by atoms with E-state index in [-0.39, 0.29) is 0 Å². The van der Waals surface area contributed by atoms with Gasteiger partial charge in [0.2, 0.25) is 0 Å². The number of rotatable bonds is 0. The molecule has 0 aliphatic heterocycles. The second-order valence-electron chi connectivity index (χ2n) is 1.41. The maximum absolute atomic E-state index is 2.24. The molecular formula is C7H12Pt. The minimum absolute atomic E-state index is 0.583. The molecule has 0 aromatic rings. The Balaban J connectivity index is 0.000000145. The van der Waals surface area contributed by atoms with Crippen LogP contribution in [-0.4, -0.2) is 0 Å². The quantitative estimate of drug-likeness (QED) is 0.644. The van der Waals surface area contributed by atoms with E-state index in [0.717, 1.165) is 6.42 Å². The summed E-state index contributed by atoms with van der Waals surface area (Å²) in [4.78, 5) is 0. The van der Waals surface area contributed by atoms with Crippen molar-refractivity contribution in [1.29, 1.82) is 0 Å². The molecule has 0 saturated heterocycles. The zero-order valence-corrected chi connectivity index (χ0v) is 7.60. The summed E-state index contributed by atoms with van der Waals surface area (Å²) in [7, 11) is 0. The van der Waals surface area contributed by atoms with E-state index < -0.39 is 0 Å². The van der Waals surface area contributed by atoms with Crippen LogP contribution in [0.15, 0.2) is 24.3 Å². The van der Waals surface area contributed by atoms with Gasteiger partial charge in [-0.25, -0.2) is 0 Å². The van der Waals surface area contributed by atoms with Crippen LogP contribution in [0, 0.1) is 0 Å². The van der Waals surface area contributed by atoms with Gasteiger partial charge in [0.1, 0.15) is 0 Å². The fourth-order valence-corrected chi connectivity index (χ4v) is 0.393. The van der Waals surface area contributed by atoms with E-state index in [1.165, 1.54) is 0 Å². The van der Waals surface area contributed by atoms with Crippen molar-refractivity contribution >= 4 is 0 Å². The average Bonchev–Trinajstić information content (AvgIpc) is 2.17. The van der Waals surface area contributed by atoms with Crippen molar-refractivity contribution in [3.8, 4) is 0 Å². The van der Waals surface area contributed by atoms with E-state index in [9.17, 15) is 0 Å². The summed E-state index contributed by atoms with van der Waals surface area (Å²) >= 11 is 0.583. The van der Waals surface area contributed by atoms with Gasteiger partial charge in [-0.1, -0.05) is 24.3 Å². The Labute approximate surface area is 60.2 Å². The molecule has 0 saturated carbocycles. The summed E-state index contributed by atoms with van der Waals surface area (Å²) in [6, 6.07) is 0. The first kappa shape index (κ1) is 8.17. The zero-order chi connectivity index (χ0) is 6.24. The second-order valence-corrected chi connectivity index (χ2v) is 3.68. The molecule has 1 aliphatic carbocycles. The molecule has 1 heteroatoms. The maximum atomic E-state index is 2.24. The predicted molar refractivity (Wildman–Crippen MR) is 34.6 cm³/mol. The van der Waals surface area contributed by atoms with Crippen LogP contribution in [-0.2, 0) is 18.6 Å². The van der Waals surface area contributed by atoms with Crippen LogP contribution in [0.2, 0.25) is 10.6 Å². The molecule has 0 radical (unpaired) electrons. The Morgan fingerprint density at radius 2 is 1.50 bits per heavy atom. The van der Waals surface area contributed by atoms with Crippen LogP contribution in [0.3, 0.4) is 0 Å². The normalized spacial score (nSPS) is 13.8. The topological polar surface area (TPSA) is 0 Å². The van der Waals surface area contributed by atoms with Crippen molar-refractivity contribution in [3.05, 3.63) is 24.3 Å². The molecule has 0 unspecified atom stereocenters. The molecule has 0 N–H and O–H groups in total. The fraction of sp³-hybridized carbons (Fsp3) is 0.429. The summed E-state index contributed by atoms with van der Waals surface area (Å²) in [6.07, 6.45) is 9.50. The number of hydrogen-bond acceptors (Lipinski definition) is 0. The van der Waals surface area contributed by atoms with E-state index >= 15 is 0 Å². The molecule has 0 spiro atoms. The van der Waals surface area contributed by atoms with Gasteiger partial charge in [0.15, 0.2) is 0 Å². The van der Waals surface area contributed by atoms with Gasteiger partial charge in [0, 0.05) is 0 Å². The first-order valence-corrected chi connectivity index (χ1v) is 6.99. The molecule has 0 nitrogen and oxygen atoms in total. The zero-order valence-electron chi connectivity index (χ0n) is 5.33. The van der Waals surface area contributed by atoms with E-state index in [4.69, 9.17) is 0 Å². The van der Waals surface area contributed by atoms with Crippen molar-refractivity contribution < 1.29 is 18.6 Å². The summed E-state index contributed by atoms with van der Waals surface area (Å²) in [5.74, 6) is 0. The first-order chi connectivity index (χ1) is 3.91. The van der Waals surface area contributed by atoms with Crippen molar-refractivity contribution in [3.63, 3.8) is 0 Å². The fourth-order valence-electron chi connectivity index (χ4n) is 0.393. The van der Waals surface area contributed by atoms with E-state index in [0.29, 0.717) is 18.6 Å². The van der Waals surface area contributed by atoms with Crippen LogP contribution in [0.25, 0.3) is 0 Å². The van der Waals surface area contributed by atoms with Gasteiger partial charge in [0.25, 0.3) is 0 Å². The third-order valence-corrected chi connectivity index (χ3v) is 0.655. The van der Waals surface area contributed by atoms with Crippen LogP contribution >= 0.6 is 0 Å². The van der Waals surface area contributed by atoms with Crippen molar-refractivity contribution in [2.24, 2.45) is 0 Å². The van der Waals surface area contributed by atoms with Gasteiger partial charge in [-0.3, -0.25) is 0 Å². The average molecular weight is 291 g/mol. The third kappa shape index (κ3) is 6.17. The standard InChI is InChI=1S/C5H6.2CH3.Pt/c1-2-4-5-3-1;;;/h1-4H,5H2;2*1H3;. The molecule has 1 rings (SSSR count). The first-order valence-electron chi connectivity index (χ1n) is 2.45. The van der Waals surface area contributed by atoms with Crippen molar-refractivity contribution in [2.45, 2.75) is 17.0 Å². The molecular weight excluding hydrogens is 279 g/mol. The number of allylic oxidation sites excluding steroid dienone is 4. The SMILES string of the molecule is C1=CCC=C1.[CH3][Pt][CH3]. The van der Waals surface area contributed by atoms with Gasteiger partial charge in [-0.15, -0.1) is 0 Å². The molecule has 0 aromatic heterocycles. The molecule has 0 amide bonds. The summed E-state index contributed by atoms with van der Waals surface area (Å²) in [5.41, 5.74) is 0. The van der Waals surface area contributed by atoms with Crippen molar-refractivity contribution in [1.82, 2.24) is 0 Å². The third-order valence-electron chi connectivity index (χ3n) is 0.655. The van der Waals surface area contributed by atoms with E-state index in [1.54, 1.807) is 0 Å². The molecule has 0 fully saturated rings. The van der Waals surface area contributed by atoms with Gasteiger partial charge in [-0.05, 0) is 6.42 Å². The van der Waals surface area contributed by atoms with Gasteiger partial charge in [0.05, 0.1) is 0 Å². The summed E-state index contributed by atoms with van der Waals surface area (Å²) in [5, 5.41) is 4.47. The monoisotopic (exact) mass is 291 g/mol. The Hall–Kier alpha value is 0.168. The predicted octanol–water partition coefficient (Wildman–Crippen LogP) is 2.67. The van der Waals surface area contributed by atoms with Gasteiger partial charge in [-0.2, -0.15) is 0 Å². The van der Waals surface area contributed by atoms with Gasteiger partial charge < -0.3 is 0 Å². The second kappa shape index (κ2) is 7.17. The van der Waals surface area contributed by atoms with Crippen LogP contribution in [0.1, 0.15) is 6.42 Å². The minimum atomic E-state index is 0.583. The van der Waals surface area contributed by atoms with Gasteiger partial charge >= 0.3 is 29.2 Å². The molecule has 0 aromatic carbocycles. The van der Waals surface area contributed by atoms with Crippen LogP contribution < -0.4 is 0 Å². The Kier molecular flexibility index (Phi) is 7.32. The van der Waals surface area contributed by atoms with Crippen molar-refractivity contribution in [2.75, 3.05) is 0 Å². The van der Waals surface area contributed by atoms with E-state index in [1.807, 2.05) is 0 Å². The molecule has 8 heavy (non-hydrogen) atoms. The number of hydrogen-bond donors (Lipinski definition) is 0.